The lowest BCUT2D eigenvalue weighted by Crippen LogP contribution is -2.51. The Balaban J connectivity index is 2.14. The summed E-state index contributed by atoms with van der Waals surface area (Å²) in [6.07, 6.45) is 3.47. The van der Waals surface area contributed by atoms with Crippen molar-refractivity contribution in [2.24, 2.45) is 5.92 Å². The van der Waals surface area contributed by atoms with Crippen LogP contribution in [-0.4, -0.2) is 40.9 Å². The summed E-state index contributed by atoms with van der Waals surface area (Å²) in [5.41, 5.74) is 0. The topological polar surface area (TPSA) is 98.7 Å². The summed E-state index contributed by atoms with van der Waals surface area (Å²) < 4.78 is 0. The zero-order valence-electron chi connectivity index (χ0n) is 9.98. The lowest BCUT2D eigenvalue weighted by Gasteiger charge is -2.17. The van der Waals surface area contributed by atoms with E-state index < -0.39 is 24.1 Å². The van der Waals surface area contributed by atoms with Crippen molar-refractivity contribution in [1.29, 1.82) is 0 Å². The third-order valence-corrected chi connectivity index (χ3v) is 2.81. The molecule has 2 atom stereocenters. The summed E-state index contributed by atoms with van der Waals surface area (Å²) in [7, 11) is 0. The Morgan fingerprint density at radius 1 is 1.41 bits per heavy atom. The van der Waals surface area contributed by atoms with Crippen molar-refractivity contribution in [2.75, 3.05) is 6.54 Å². The molecule has 6 heteroatoms. The Bertz CT molecular complexity index is 277. The number of nitrogens with one attached hydrogen (secondary N) is 2. The van der Waals surface area contributed by atoms with Gasteiger partial charge in [0.25, 0.3) is 0 Å². The fraction of sp³-hybridized carbons (Fsp3) is 0.818. The highest BCUT2D eigenvalue weighted by Crippen LogP contribution is 2.33. The lowest BCUT2D eigenvalue weighted by molar-refractivity contribution is -0.141. The first-order chi connectivity index (χ1) is 8.00. The number of carboxylic acid groups (broad SMARTS) is 1. The molecule has 1 saturated carbocycles. The molecule has 0 unspecified atom stereocenters. The molecule has 0 aromatic carbocycles. The van der Waals surface area contributed by atoms with Crippen molar-refractivity contribution < 1.29 is 19.8 Å². The number of carboxylic acids is 1. The fourth-order valence-corrected chi connectivity index (χ4v) is 1.58. The van der Waals surface area contributed by atoms with Gasteiger partial charge in [-0.15, -0.1) is 0 Å². The van der Waals surface area contributed by atoms with Crippen LogP contribution in [0.5, 0.6) is 0 Å². The van der Waals surface area contributed by atoms with Crippen molar-refractivity contribution in [3.8, 4) is 0 Å². The van der Waals surface area contributed by atoms with Gasteiger partial charge in [-0.05, 0) is 25.7 Å². The van der Waals surface area contributed by atoms with E-state index in [-0.39, 0.29) is 0 Å². The Morgan fingerprint density at radius 2 is 2.06 bits per heavy atom. The van der Waals surface area contributed by atoms with E-state index in [4.69, 9.17) is 10.2 Å². The second-order valence-electron chi connectivity index (χ2n) is 4.54. The number of rotatable bonds is 7. The Labute approximate surface area is 100 Å². The van der Waals surface area contributed by atoms with Crippen LogP contribution in [0.2, 0.25) is 0 Å². The van der Waals surface area contributed by atoms with E-state index in [1.165, 1.54) is 19.8 Å². The van der Waals surface area contributed by atoms with Gasteiger partial charge < -0.3 is 20.8 Å². The van der Waals surface area contributed by atoms with Crippen LogP contribution in [0, 0.1) is 5.92 Å². The molecule has 1 fully saturated rings. The maximum absolute atomic E-state index is 11.3. The fourth-order valence-electron chi connectivity index (χ4n) is 1.58. The third kappa shape index (κ3) is 5.53. The number of hydrogen-bond acceptors (Lipinski definition) is 3. The van der Waals surface area contributed by atoms with Crippen LogP contribution >= 0.6 is 0 Å². The van der Waals surface area contributed by atoms with Crippen LogP contribution in [0.3, 0.4) is 0 Å². The number of aliphatic hydroxyl groups is 1. The summed E-state index contributed by atoms with van der Waals surface area (Å²) in [6.45, 7) is 1.86. The van der Waals surface area contributed by atoms with E-state index >= 15 is 0 Å². The summed E-state index contributed by atoms with van der Waals surface area (Å²) in [4.78, 5) is 22.0. The van der Waals surface area contributed by atoms with Crippen LogP contribution in [0.25, 0.3) is 0 Å². The van der Waals surface area contributed by atoms with Gasteiger partial charge in [-0.3, -0.25) is 0 Å². The van der Waals surface area contributed by atoms with E-state index in [1.54, 1.807) is 0 Å². The molecule has 1 rings (SSSR count). The van der Waals surface area contributed by atoms with E-state index in [0.29, 0.717) is 6.54 Å². The molecule has 0 saturated heterocycles. The van der Waals surface area contributed by atoms with Crippen LogP contribution in [0.1, 0.15) is 32.6 Å². The van der Waals surface area contributed by atoms with Gasteiger partial charge in [-0.25, -0.2) is 9.59 Å². The molecule has 4 N–H and O–H groups in total. The molecule has 0 bridgehead atoms. The molecule has 0 heterocycles. The van der Waals surface area contributed by atoms with Gasteiger partial charge in [-0.2, -0.15) is 0 Å². The van der Waals surface area contributed by atoms with Crippen LogP contribution < -0.4 is 10.6 Å². The monoisotopic (exact) mass is 244 g/mol. The van der Waals surface area contributed by atoms with Crippen LogP contribution in [-0.2, 0) is 4.79 Å². The number of aliphatic hydroxyl groups excluding tert-OH is 1. The Morgan fingerprint density at radius 3 is 2.53 bits per heavy atom. The largest absolute Gasteiger partial charge is 0.480 e. The number of hydrogen-bond donors (Lipinski definition) is 4. The average Bonchev–Trinajstić information content (AvgIpc) is 3.04. The van der Waals surface area contributed by atoms with Gasteiger partial charge in [0.2, 0.25) is 0 Å². The molecule has 1 aliphatic carbocycles. The minimum Gasteiger partial charge on any atom is -0.480 e. The molecule has 0 radical (unpaired) electrons. The predicted molar refractivity (Wildman–Crippen MR) is 61.6 cm³/mol. The maximum atomic E-state index is 11.3. The smallest absolute Gasteiger partial charge is 0.328 e. The first kappa shape index (κ1) is 13.8. The summed E-state index contributed by atoms with van der Waals surface area (Å²) in [6, 6.07) is -1.81. The molecule has 1 aliphatic rings. The quantitative estimate of drug-likeness (QED) is 0.484. The molecule has 0 spiro atoms. The molecular weight excluding hydrogens is 224 g/mol. The molecule has 0 aliphatic heterocycles. The van der Waals surface area contributed by atoms with Crippen LogP contribution in [0.15, 0.2) is 0 Å². The highest BCUT2D eigenvalue weighted by atomic mass is 16.4. The van der Waals surface area contributed by atoms with Gasteiger partial charge >= 0.3 is 12.0 Å². The lowest BCUT2D eigenvalue weighted by atomic mass is 10.2. The third-order valence-electron chi connectivity index (χ3n) is 2.81. The van der Waals surface area contributed by atoms with E-state index in [2.05, 4.69) is 10.6 Å². The van der Waals surface area contributed by atoms with Crippen molar-refractivity contribution in [3.05, 3.63) is 0 Å². The van der Waals surface area contributed by atoms with E-state index in [9.17, 15) is 9.59 Å². The second kappa shape index (κ2) is 6.44. The molecule has 6 nitrogen and oxygen atoms in total. The van der Waals surface area contributed by atoms with Gasteiger partial charge in [0.15, 0.2) is 6.04 Å². The molecule has 17 heavy (non-hydrogen) atoms. The molecule has 98 valence electrons. The van der Waals surface area contributed by atoms with Crippen molar-refractivity contribution in [1.82, 2.24) is 10.6 Å². The van der Waals surface area contributed by atoms with Crippen LogP contribution in [0.4, 0.5) is 4.79 Å². The Hall–Kier alpha value is -1.30. The molecule has 2 amide bonds. The molecule has 0 aromatic heterocycles. The summed E-state index contributed by atoms with van der Waals surface area (Å²) in [5.74, 6) is -0.419. The first-order valence-electron chi connectivity index (χ1n) is 5.96. The molecule has 0 aromatic rings. The van der Waals surface area contributed by atoms with Crippen molar-refractivity contribution >= 4 is 12.0 Å². The summed E-state index contributed by atoms with van der Waals surface area (Å²) >= 11 is 0. The number of urea groups is 1. The van der Waals surface area contributed by atoms with E-state index in [0.717, 1.165) is 18.8 Å². The summed E-state index contributed by atoms with van der Waals surface area (Å²) in [5, 5.41) is 22.7. The Kier molecular flexibility index (Phi) is 5.21. The van der Waals surface area contributed by atoms with Gasteiger partial charge in [0, 0.05) is 6.54 Å². The predicted octanol–water partition coefficient (Wildman–Crippen LogP) is 0.310. The van der Waals surface area contributed by atoms with Crippen molar-refractivity contribution in [2.45, 2.75) is 44.8 Å². The van der Waals surface area contributed by atoms with Gasteiger partial charge in [-0.1, -0.05) is 12.8 Å². The number of carbonyl (C=O) groups is 2. The second-order valence-corrected chi connectivity index (χ2v) is 4.54. The van der Waals surface area contributed by atoms with Gasteiger partial charge in [0.1, 0.15) is 0 Å². The first-order valence-corrected chi connectivity index (χ1v) is 5.96. The standard InChI is InChI=1S/C11H20N2O4/c1-7(14)9(10(15)16)13-11(17)12-6-2-3-8-4-5-8/h7-9,14H,2-6H2,1H3,(H,15,16)(H2,12,13,17)/t7-,9+/m1/s1. The highest BCUT2D eigenvalue weighted by Gasteiger charge is 2.25. The molecular formula is C11H20N2O4. The minimum atomic E-state index is -1.27. The zero-order valence-corrected chi connectivity index (χ0v) is 9.98. The maximum Gasteiger partial charge on any atom is 0.328 e. The average molecular weight is 244 g/mol. The van der Waals surface area contributed by atoms with Gasteiger partial charge in [0.05, 0.1) is 6.10 Å². The number of carbonyl (C=O) groups excluding carboxylic acids is 1. The zero-order chi connectivity index (χ0) is 12.8. The van der Waals surface area contributed by atoms with Crippen molar-refractivity contribution in [3.63, 3.8) is 0 Å². The van der Waals surface area contributed by atoms with E-state index in [1.807, 2.05) is 0 Å². The number of amides is 2. The SMILES string of the molecule is C[C@@H](O)[C@H](NC(=O)NCCCC1CC1)C(=O)O. The highest BCUT2D eigenvalue weighted by molar-refractivity contribution is 5.82. The minimum absolute atomic E-state index is 0.536. The normalized spacial score (nSPS) is 18.2. The number of aliphatic carboxylic acids is 1.